The molecule has 0 amide bonds. The van der Waals surface area contributed by atoms with Crippen molar-refractivity contribution in [1.29, 1.82) is 0 Å². The monoisotopic (exact) mass is 292 g/mol. The van der Waals surface area contributed by atoms with Gasteiger partial charge < -0.3 is 4.74 Å². The molecule has 0 N–H and O–H groups in total. The molecule has 0 unspecified atom stereocenters. The van der Waals surface area contributed by atoms with Crippen LogP contribution in [0.2, 0.25) is 0 Å². The van der Waals surface area contributed by atoms with E-state index in [0.29, 0.717) is 5.88 Å². The van der Waals surface area contributed by atoms with Gasteiger partial charge in [0, 0.05) is 16.2 Å². The molecular formula is C13H13BrN2O. The van der Waals surface area contributed by atoms with Crippen molar-refractivity contribution in [3.05, 3.63) is 46.3 Å². The molecular weight excluding hydrogens is 280 g/mol. The second-order valence-corrected chi connectivity index (χ2v) is 4.57. The van der Waals surface area contributed by atoms with Gasteiger partial charge in [0.25, 0.3) is 0 Å². The summed E-state index contributed by atoms with van der Waals surface area (Å²) in [7, 11) is 0. The third-order valence-corrected chi connectivity index (χ3v) is 3.30. The van der Waals surface area contributed by atoms with E-state index in [-0.39, 0.29) is 0 Å². The van der Waals surface area contributed by atoms with Crippen LogP contribution in [0.3, 0.4) is 0 Å². The lowest BCUT2D eigenvalue weighted by Crippen LogP contribution is -1.93. The molecule has 0 saturated carbocycles. The highest BCUT2D eigenvalue weighted by Gasteiger charge is 2.02. The maximum Gasteiger partial charge on any atom is 0.222 e. The Morgan fingerprint density at radius 3 is 2.76 bits per heavy atom. The van der Waals surface area contributed by atoms with Crippen LogP contribution in [-0.2, 0) is 6.42 Å². The summed E-state index contributed by atoms with van der Waals surface area (Å²) in [4.78, 5) is 8.22. The standard InChI is InChI=1S/C13H13BrN2O/c1-3-10-7-13(16-8-15-10)17-11-4-5-12(14)9(2)6-11/h4-8H,3H2,1-2H3. The zero-order chi connectivity index (χ0) is 12.3. The molecule has 0 fully saturated rings. The topological polar surface area (TPSA) is 35.0 Å². The summed E-state index contributed by atoms with van der Waals surface area (Å²) in [5.41, 5.74) is 2.11. The molecule has 0 aliphatic heterocycles. The maximum atomic E-state index is 5.68. The van der Waals surface area contributed by atoms with Gasteiger partial charge in [0.05, 0.1) is 0 Å². The zero-order valence-corrected chi connectivity index (χ0v) is 11.4. The summed E-state index contributed by atoms with van der Waals surface area (Å²) in [5, 5.41) is 0. The molecule has 17 heavy (non-hydrogen) atoms. The Kier molecular flexibility index (Phi) is 3.74. The van der Waals surface area contributed by atoms with E-state index < -0.39 is 0 Å². The van der Waals surface area contributed by atoms with Crippen molar-refractivity contribution >= 4 is 15.9 Å². The van der Waals surface area contributed by atoms with Gasteiger partial charge in [-0.15, -0.1) is 0 Å². The minimum atomic E-state index is 0.582. The third kappa shape index (κ3) is 3.03. The summed E-state index contributed by atoms with van der Waals surface area (Å²) < 4.78 is 6.76. The molecule has 1 heterocycles. The molecule has 1 aromatic carbocycles. The highest BCUT2D eigenvalue weighted by Crippen LogP contribution is 2.25. The predicted octanol–water partition coefficient (Wildman–Crippen LogP) is 3.90. The fourth-order valence-corrected chi connectivity index (χ4v) is 1.67. The quantitative estimate of drug-likeness (QED) is 0.860. The SMILES string of the molecule is CCc1cc(Oc2ccc(Br)c(C)c2)ncn1. The van der Waals surface area contributed by atoms with Crippen LogP contribution in [0.25, 0.3) is 0 Å². The molecule has 2 rings (SSSR count). The second kappa shape index (κ2) is 5.27. The predicted molar refractivity (Wildman–Crippen MR) is 70.4 cm³/mol. The van der Waals surface area contributed by atoms with Crippen molar-refractivity contribution < 1.29 is 4.74 Å². The molecule has 2 aromatic rings. The highest BCUT2D eigenvalue weighted by molar-refractivity contribution is 9.10. The molecule has 1 aromatic heterocycles. The number of halogens is 1. The van der Waals surface area contributed by atoms with Gasteiger partial charge in [-0.05, 0) is 37.1 Å². The van der Waals surface area contributed by atoms with Crippen molar-refractivity contribution in [3.8, 4) is 11.6 Å². The Hall–Kier alpha value is -1.42. The number of hydrogen-bond donors (Lipinski definition) is 0. The van der Waals surface area contributed by atoms with Crippen LogP contribution < -0.4 is 4.74 Å². The first kappa shape index (κ1) is 12.0. The van der Waals surface area contributed by atoms with E-state index in [1.54, 1.807) is 0 Å². The third-order valence-electron chi connectivity index (χ3n) is 2.41. The fraction of sp³-hybridized carbons (Fsp3) is 0.231. The van der Waals surface area contributed by atoms with E-state index in [4.69, 9.17) is 4.74 Å². The van der Waals surface area contributed by atoms with Crippen molar-refractivity contribution in [3.63, 3.8) is 0 Å². The van der Waals surface area contributed by atoms with Gasteiger partial charge in [-0.3, -0.25) is 0 Å². The van der Waals surface area contributed by atoms with E-state index in [2.05, 4.69) is 32.8 Å². The zero-order valence-electron chi connectivity index (χ0n) is 9.77. The summed E-state index contributed by atoms with van der Waals surface area (Å²) >= 11 is 3.46. The molecule has 0 saturated heterocycles. The first-order valence-electron chi connectivity index (χ1n) is 5.44. The van der Waals surface area contributed by atoms with Gasteiger partial charge >= 0.3 is 0 Å². The lowest BCUT2D eigenvalue weighted by Gasteiger charge is -2.06. The Morgan fingerprint density at radius 1 is 1.24 bits per heavy atom. The van der Waals surface area contributed by atoms with Crippen LogP contribution in [0.4, 0.5) is 0 Å². The molecule has 0 bridgehead atoms. The van der Waals surface area contributed by atoms with Crippen LogP contribution in [0.5, 0.6) is 11.6 Å². The Labute approximate surface area is 109 Å². The maximum absolute atomic E-state index is 5.68. The van der Waals surface area contributed by atoms with Crippen LogP contribution >= 0.6 is 15.9 Å². The first-order chi connectivity index (χ1) is 8.19. The van der Waals surface area contributed by atoms with E-state index in [9.17, 15) is 0 Å². The van der Waals surface area contributed by atoms with Gasteiger partial charge in [-0.1, -0.05) is 22.9 Å². The van der Waals surface area contributed by atoms with Crippen LogP contribution in [0.15, 0.2) is 35.1 Å². The summed E-state index contributed by atoms with van der Waals surface area (Å²) in [6, 6.07) is 7.70. The molecule has 0 aliphatic rings. The van der Waals surface area contributed by atoms with E-state index in [1.807, 2.05) is 31.2 Å². The van der Waals surface area contributed by atoms with E-state index in [1.165, 1.54) is 6.33 Å². The highest BCUT2D eigenvalue weighted by atomic mass is 79.9. The summed E-state index contributed by atoms with van der Waals surface area (Å²) in [5.74, 6) is 1.37. The first-order valence-corrected chi connectivity index (χ1v) is 6.23. The lowest BCUT2D eigenvalue weighted by molar-refractivity contribution is 0.460. The molecule has 88 valence electrons. The number of hydrogen-bond acceptors (Lipinski definition) is 3. The normalized spacial score (nSPS) is 10.3. The minimum absolute atomic E-state index is 0.582. The lowest BCUT2D eigenvalue weighted by atomic mass is 10.2. The molecule has 0 radical (unpaired) electrons. The number of nitrogens with zero attached hydrogens (tertiary/aromatic N) is 2. The van der Waals surface area contributed by atoms with Gasteiger partial charge in [0.15, 0.2) is 0 Å². The smallest absolute Gasteiger partial charge is 0.222 e. The van der Waals surface area contributed by atoms with E-state index >= 15 is 0 Å². The van der Waals surface area contributed by atoms with Crippen LogP contribution in [-0.4, -0.2) is 9.97 Å². The largest absolute Gasteiger partial charge is 0.439 e. The molecule has 0 spiro atoms. The van der Waals surface area contributed by atoms with Gasteiger partial charge in [-0.2, -0.15) is 0 Å². The van der Waals surface area contributed by atoms with Crippen LogP contribution in [0, 0.1) is 6.92 Å². The number of ether oxygens (including phenoxy) is 1. The molecule has 0 atom stereocenters. The average molecular weight is 293 g/mol. The summed E-state index contributed by atoms with van der Waals surface area (Å²) in [6.45, 7) is 4.07. The average Bonchev–Trinajstić information content (AvgIpc) is 2.34. The fourth-order valence-electron chi connectivity index (χ4n) is 1.43. The number of aryl methyl sites for hydroxylation is 2. The van der Waals surface area contributed by atoms with Crippen molar-refractivity contribution in [2.75, 3.05) is 0 Å². The minimum Gasteiger partial charge on any atom is -0.439 e. The Bertz CT molecular complexity index is 529. The molecule has 0 aliphatic carbocycles. The number of benzene rings is 1. The molecule has 4 heteroatoms. The van der Waals surface area contributed by atoms with Crippen molar-refractivity contribution in [2.45, 2.75) is 20.3 Å². The Morgan fingerprint density at radius 2 is 2.06 bits per heavy atom. The number of aromatic nitrogens is 2. The number of rotatable bonds is 3. The second-order valence-electron chi connectivity index (χ2n) is 3.71. The van der Waals surface area contributed by atoms with Gasteiger partial charge in [0.1, 0.15) is 12.1 Å². The van der Waals surface area contributed by atoms with Crippen molar-refractivity contribution in [2.24, 2.45) is 0 Å². The van der Waals surface area contributed by atoms with Gasteiger partial charge in [-0.25, -0.2) is 9.97 Å². The van der Waals surface area contributed by atoms with Crippen molar-refractivity contribution in [1.82, 2.24) is 9.97 Å². The van der Waals surface area contributed by atoms with E-state index in [0.717, 1.165) is 27.9 Å². The summed E-state index contributed by atoms with van der Waals surface area (Å²) in [6.07, 6.45) is 2.40. The van der Waals surface area contributed by atoms with Crippen LogP contribution in [0.1, 0.15) is 18.2 Å². The van der Waals surface area contributed by atoms with Gasteiger partial charge in [0.2, 0.25) is 5.88 Å². The molecule has 3 nitrogen and oxygen atoms in total. The Balaban J connectivity index is 2.22.